The van der Waals surface area contributed by atoms with Crippen molar-refractivity contribution in [1.82, 2.24) is 4.90 Å². The van der Waals surface area contributed by atoms with Crippen molar-refractivity contribution in [2.45, 2.75) is 32.4 Å². The van der Waals surface area contributed by atoms with Crippen LogP contribution in [0.15, 0.2) is 48.5 Å². The van der Waals surface area contributed by atoms with E-state index in [-0.39, 0.29) is 0 Å². The van der Waals surface area contributed by atoms with Gasteiger partial charge in [-0.25, -0.2) is 0 Å². The third-order valence-corrected chi connectivity index (χ3v) is 4.42. The number of nitrogens with zero attached hydrogens (tertiary/aromatic N) is 1. The number of ether oxygens (including phenoxy) is 2. The zero-order valence-corrected chi connectivity index (χ0v) is 15.4. The smallest absolute Gasteiger partial charge is 0.127 e. The molecule has 1 aliphatic rings. The fourth-order valence-corrected chi connectivity index (χ4v) is 2.95. The van der Waals surface area contributed by atoms with Crippen LogP contribution < -0.4 is 15.2 Å². The van der Waals surface area contributed by atoms with Gasteiger partial charge >= 0.3 is 0 Å². The average molecular weight is 342 g/mol. The van der Waals surface area contributed by atoms with E-state index in [9.17, 15) is 0 Å². The Labute approximate surface area is 151 Å². The van der Waals surface area contributed by atoms with Crippen molar-refractivity contribution in [1.29, 1.82) is 0 Å². The molecule has 4 nitrogen and oxygen atoms in total. The molecule has 4 heteroatoms. The largest absolute Gasteiger partial charge is 0.497 e. The Hall–Kier alpha value is -2.04. The minimum absolute atomic E-state index is 0.640. The van der Waals surface area contributed by atoms with Crippen molar-refractivity contribution < 1.29 is 9.47 Å². The van der Waals surface area contributed by atoms with Crippen LogP contribution in [0.4, 0.5) is 0 Å². The molecule has 0 saturated carbocycles. The molecule has 0 aliphatic carbocycles. The number of nitrogens with two attached hydrogens (primary N) is 1. The molecule has 0 amide bonds. The molecule has 0 unspecified atom stereocenters. The van der Waals surface area contributed by atoms with Gasteiger partial charge in [-0.15, -0.1) is 0 Å². The number of likely N-dealkylation sites (tertiary alicyclic amines) is 1. The number of rotatable bonds is 5. The Morgan fingerprint density at radius 3 is 2.20 bits per heavy atom. The van der Waals surface area contributed by atoms with Crippen molar-refractivity contribution in [2.75, 3.05) is 27.3 Å². The van der Waals surface area contributed by atoms with E-state index < -0.39 is 0 Å². The summed E-state index contributed by atoms with van der Waals surface area (Å²) in [4.78, 5) is 2.49. The summed E-state index contributed by atoms with van der Waals surface area (Å²) in [6.45, 7) is 4.03. The van der Waals surface area contributed by atoms with Crippen molar-refractivity contribution in [2.24, 2.45) is 5.73 Å². The predicted molar refractivity (Wildman–Crippen MR) is 103 cm³/mol. The van der Waals surface area contributed by atoms with Crippen LogP contribution in [0.1, 0.15) is 30.4 Å². The molecule has 1 saturated heterocycles. The number of benzene rings is 2. The Morgan fingerprint density at radius 1 is 0.920 bits per heavy atom. The highest BCUT2D eigenvalue weighted by Crippen LogP contribution is 2.26. The summed E-state index contributed by atoms with van der Waals surface area (Å²) in [5, 5.41) is 0. The molecule has 1 fully saturated rings. The van der Waals surface area contributed by atoms with E-state index in [4.69, 9.17) is 15.2 Å². The molecular formula is C21H30N2O2. The van der Waals surface area contributed by atoms with Gasteiger partial charge in [-0.1, -0.05) is 42.8 Å². The van der Waals surface area contributed by atoms with E-state index in [0.29, 0.717) is 6.54 Å². The molecule has 25 heavy (non-hydrogen) atoms. The van der Waals surface area contributed by atoms with Crippen LogP contribution in [-0.2, 0) is 13.1 Å². The van der Waals surface area contributed by atoms with Gasteiger partial charge in [0.25, 0.3) is 0 Å². The molecule has 0 aromatic heterocycles. The van der Waals surface area contributed by atoms with E-state index >= 15 is 0 Å². The second-order valence-electron chi connectivity index (χ2n) is 6.20. The van der Waals surface area contributed by atoms with Gasteiger partial charge in [0.1, 0.15) is 11.5 Å². The summed E-state index contributed by atoms with van der Waals surface area (Å²) >= 11 is 0. The summed E-state index contributed by atoms with van der Waals surface area (Å²) < 4.78 is 10.6. The SMILES string of the molecule is COc1ccc(CN2CCCCC2)c(OC)c1.NCc1ccccc1. The van der Waals surface area contributed by atoms with Gasteiger partial charge in [-0.2, -0.15) is 0 Å². The van der Waals surface area contributed by atoms with E-state index in [1.54, 1.807) is 14.2 Å². The molecule has 2 N–H and O–H groups in total. The molecule has 0 radical (unpaired) electrons. The highest BCUT2D eigenvalue weighted by Gasteiger charge is 2.13. The fraction of sp³-hybridized carbons (Fsp3) is 0.429. The van der Waals surface area contributed by atoms with Crippen molar-refractivity contribution in [3.05, 3.63) is 59.7 Å². The first-order chi connectivity index (χ1) is 12.3. The lowest BCUT2D eigenvalue weighted by Crippen LogP contribution is -2.29. The fourth-order valence-electron chi connectivity index (χ4n) is 2.95. The average Bonchev–Trinajstić information content (AvgIpc) is 2.70. The third-order valence-electron chi connectivity index (χ3n) is 4.42. The number of methoxy groups -OCH3 is 2. The van der Waals surface area contributed by atoms with Crippen LogP contribution in [0.5, 0.6) is 11.5 Å². The number of hydrogen-bond donors (Lipinski definition) is 1. The van der Waals surface area contributed by atoms with Crippen LogP contribution in [0.25, 0.3) is 0 Å². The zero-order chi connectivity index (χ0) is 17.9. The van der Waals surface area contributed by atoms with Crippen LogP contribution >= 0.6 is 0 Å². The zero-order valence-electron chi connectivity index (χ0n) is 15.4. The number of piperidine rings is 1. The molecule has 2 aromatic carbocycles. The second kappa shape index (κ2) is 10.7. The molecule has 0 bridgehead atoms. The highest BCUT2D eigenvalue weighted by atomic mass is 16.5. The first-order valence-electron chi connectivity index (χ1n) is 8.94. The van der Waals surface area contributed by atoms with E-state index in [1.807, 2.05) is 42.5 Å². The normalized spacial score (nSPS) is 14.4. The van der Waals surface area contributed by atoms with Crippen LogP contribution in [0.3, 0.4) is 0 Å². The molecule has 0 spiro atoms. The van der Waals surface area contributed by atoms with Crippen LogP contribution in [0, 0.1) is 0 Å². The van der Waals surface area contributed by atoms with Gasteiger partial charge < -0.3 is 15.2 Å². The van der Waals surface area contributed by atoms with Crippen LogP contribution in [0.2, 0.25) is 0 Å². The van der Waals surface area contributed by atoms with Crippen molar-refractivity contribution in [3.63, 3.8) is 0 Å². The molecule has 1 heterocycles. The molecule has 136 valence electrons. The maximum absolute atomic E-state index is 5.42. The van der Waals surface area contributed by atoms with Gasteiger partial charge in [0.05, 0.1) is 14.2 Å². The topological polar surface area (TPSA) is 47.7 Å². The molecule has 0 atom stereocenters. The van der Waals surface area contributed by atoms with Gasteiger partial charge in [-0.05, 0) is 37.6 Å². The maximum atomic E-state index is 5.42. The van der Waals surface area contributed by atoms with Gasteiger partial charge in [-0.3, -0.25) is 4.90 Å². The lowest BCUT2D eigenvalue weighted by molar-refractivity contribution is 0.218. The summed E-state index contributed by atoms with van der Waals surface area (Å²) in [5.41, 5.74) is 7.78. The first-order valence-corrected chi connectivity index (χ1v) is 8.94. The van der Waals surface area contributed by atoms with Crippen molar-refractivity contribution >= 4 is 0 Å². The lowest BCUT2D eigenvalue weighted by atomic mass is 10.1. The minimum atomic E-state index is 0.640. The van der Waals surface area contributed by atoms with Gasteiger partial charge in [0.2, 0.25) is 0 Å². The number of hydrogen-bond acceptors (Lipinski definition) is 4. The summed E-state index contributed by atoms with van der Waals surface area (Å²) in [5.74, 6) is 1.78. The Kier molecular flexibility index (Phi) is 8.29. The van der Waals surface area contributed by atoms with Crippen LogP contribution in [-0.4, -0.2) is 32.2 Å². The second-order valence-corrected chi connectivity index (χ2v) is 6.20. The summed E-state index contributed by atoms with van der Waals surface area (Å²) in [7, 11) is 3.40. The Balaban J connectivity index is 0.000000236. The Bertz CT molecular complexity index is 611. The quantitative estimate of drug-likeness (QED) is 0.897. The molecular weight excluding hydrogens is 312 g/mol. The third kappa shape index (κ3) is 6.40. The molecule has 1 aliphatic heterocycles. The molecule has 3 rings (SSSR count). The first kappa shape index (κ1) is 19.3. The molecule has 2 aromatic rings. The van der Waals surface area contributed by atoms with Crippen molar-refractivity contribution in [3.8, 4) is 11.5 Å². The highest BCUT2D eigenvalue weighted by molar-refractivity contribution is 5.40. The Morgan fingerprint density at radius 2 is 1.64 bits per heavy atom. The van der Waals surface area contributed by atoms with E-state index in [1.165, 1.54) is 43.5 Å². The predicted octanol–water partition coefficient (Wildman–Crippen LogP) is 3.84. The monoisotopic (exact) mass is 342 g/mol. The summed E-state index contributed by atoms with van der Waals surface area (Å²) in [6.07, 6.45) is 4.01. The van der Waals surface area contributed by atoms with Gasteiger partial charge in [0, 0.05) is 24.7 Å². The maximum Gasteiger partial charge on any atom is 0.127 e. The van der Waals surface area contributed by atoms with E-state index in [0.717, 1.165) is 18.0 Å². The standard InChI is InChI=1S/C14H21NO2.C7H9N/c1-16-13-7-6-12(14(10-13)17-2)11-15-8-4-3-5-9-15;8-6-7-4-2-1-3-5-7/h6-7,10H,3-5,8-9,11H2,1-2H3;1-5H,6,8H2. The summed E-state index contributed by atoms with van der Waals surface area (Å²) in [6, 6.07) is 16.1. The minimum Gasteiger partial charge on any atom is -0.497 e. The lowest BCUT2D eigenvalue weighted by Gasteiger charge is -2.27. The van der Waals surface area contributed by atoms with E-state index in [2.05, 4.69) is 11.0 Å². The van der Waals surface area contributed by atoms with Gasteiger partial charge in [0.15, 0.2) is 0 Å².